The van der Waals surface area contributed by atoms with Crippen LogP contribution >= 0.6 is 11.6 Å². The molecule has 1 atom stereocenters. The topological polar surface area (TPSA) is 120 Å². The van der Waals surface area contributed by atoms with Crippen molar-refractivity contribution in [2.24, 2.45) is 16.9 Å². The number of hydrogen-bond donors (Lipinski definition) is 2. The predicted octanol–water partition coefficient (Wildman–Crippen LogP) is 3.33. The SMILES string of the molecule is CC(C)(C)C1c2c(C(N)=O)c(-c3cc4ccccc4nc3Cl)nn2CCN1C(N)=O. The molecule has 0 saturated carbocycles. The van der Waals surface area contributed by atoms with Crippen LogP contribution in [0.1, 0.15) is 42.9 Å². The molecule has 3 aromatic rings. The number of carbonyl (C=O) groups excluding carboxylic acids is 2. The third kappa shape index (κ3) is 3.17. The van der Waals surface area contributed by atoms with Gasteiger partial charge in [-0.1, -0.05) is 50.6 Å². The summed E-state index contributed by atoms with van der Waals surface area (Å²) in [7, 11) is 0. The molecule has 9 heteroatoms. The normalized spacial score (nSPS) is 16.5. The molecule has 30 heavy (non-hydrogen) atoms. The average Bonchev–Trinajstić information content (AvgIpc) is 3.05. The van der Waals surface area contributed by atoms with Crippen LogP contribution in [0.25, 0.3) is 22.2 Å². The molecule has 1 aliphatic heterocycles. The van der Waals surface area contributed by atoms with Crippen molar-refractivity contribution < 1.29 is 9.59 Å². The Morgan fingerprint density at radius 3 is 2.50 bits per heavy atom. The maximum absolute atomic E-state index is 12.6. The van der Waals surface area contributed by atoms with Crippen LogP contribution in [-0.4, -0.2) is 38.1 Å². The number of nitrogens with two attached hydrogens (primary N) is 2. The molecule has 0 saturated heterocycles. The van der Waals surface area contributed by atoms with Crippen molar-refractivity contribution in [3.05, 3.63) is 46.7 Å². The summed E-state index contributed by atoms with van der Waals surface area (Å²) in [4.78, 5) is 30.8. The van der Waals surface area contributed by atoms with E-state index in [-0.39, 0.29) is 10.7 Å². The number of primary amides is 2. The monoisotopic (exact) mass is 426 g/mol. The van der Waals surface area contributed by atoms with Gasteiger partial charge in [0.15, 0.2) is 0 Å². The molecule has 0 bridgehead atoms. The van der Waals surface area contributed by atoms with E-state index in [2.05, 4.69) is 10.1 Å². The van der Waals surface area contributed by atoms with Crippen molar-refractivity contribution in [3.8, 4) is 11.3 Å². The van der Waals surface area contributed by atoms with Gasteiger partial charge >= 0.3 is 6.03 Å². The Labute approximate surface area is 178 Å². The smallest absolute Gasteiger partial charge is 0.315 e. The first-order valence-corrected chi connectivity index (χ1v) is 9.99. The second-order valence-electron chi connectivity index (χ2n) is 8.52. The fraction of sp³-hybridized carbons (Fsp3) is 0.333. The van der Waals surface area contributed by atoms with Crippen LogP contribution in [0.2, 0.25) is 5.15 Å². The number of urea groups is 1. The lowest BCUT2D eigenvalue weighted by atomic mass is 9.81. The van der Waals surface area contributed by atoms with Gasteiger partial charge in [0, 0.05) is 17.5 Å². The van der Waals surface area contributed by atoms with E-state index >= 15 is 0 Å². The number of amides is 3. The van der Waals surface area contributed by atoms with Gasteiger partial charge in [-0.05, 0) is 17.5 Å². The first-order valence-electron chi connectivity index (χ1n) is 9.62. The minimum absolute atomic E-state index is 0.228. The van der Waals surface area contributed by atoms with Crippen LogP contribution in [0.4, 0.5) is 4.79 Å². The summed E-state index contributed by atoms with van der Waals surface area (Å²) in [5, 5.41) is 5.77. The molecule has 1 aromatic carbocycles. The summed E-state index contributed by atoms with van der Waals surface area (Å²) in [6, 6.07) is 8.37. The van der Waals surface area contributed by atoms with Crippen molar-refractivity contribution in [1.82, 2.24) is 19.7 Å². The van der Waals surface area contributed by atoms with Gasteiger partial charge in [-0.15, -0.1) is 0 Å². The van der Waals surface area contributed by atoms with E-state index in [9.17, 15) is 9.59 Å². The number of benzene rings is 1. The average molecular weight is 427 g/mol. The first-order chi connectivity index (χ1) is 14.1. The standard InChI is InChI=1S/C21H23ClN6O2/c1-21(2,3)17-16-14(19(23)29)15(26-28(16)9-8-27(17)20(24)30)12-10-11-6-4-5-7-13(11)25-18(12)22/h4-7,10,17H,8-9H2,1-3H3,(H2,23,29)(H2,24,30). The van der Waals surface area contributed by atoms with Crippen molar-refractivity contribution in [3.63, 3.8) is 0 Å². The van der Waals surface area contributed by atoms with Gasteiger partial charge < -0.3 is 16.4 Å². The Morgan fingerprint density at radius 2 is 1.87 bits per heavy atom. The van der Waals surface area contributed by atoms with Crippen molar-refractivity contribution in [1.29, 1.82) is 0 Å². The summed E-state index contributed by atoms with van der Waals surface area (Å²) >= 11 is 6.49. The highest BCUT2D eigenvalue weighted by Crippen LogP contribution is 2.44. The Morgan fingerprint density at radius 1 is 1.17 bits per heavy atom. The van der Waals surface area contributed by atoms with Crippen molar-refractivity contribution in [2.75, 3.05) is 6.54 Å². The van der Waals surface area contributed by atoms with Crippen LogP contribution in [0.5, 0.6) is 0 Å². The molecule has 1 unspecified atom stereocenters. The Kier molecular flexibility index (Phi) is 4.69. The maximum atomic E-state index is 12.6. The van der Waals surface area contributed by atoms with E-state index in [1.165, 1.54) is 0 Å². The van der Waals surface area contributed by atoms with E-state index < -0.39 is 23.4 Å². The van der Waals surface area contributed by atoms with Crippen LogP contribution in [-0.2, 0) is 6.54 Å². The van der Waals surface area contributed by atoms with Crippen LogP contribution in [0, 0.1) is 5.41 Å². The Bertz CT molecular complexity index is 1180. The zero-order valence-corrected chi connectivity index (χ0v) is 17.8. The van der Waals surface area contributed by atoms with Gasteiger partial charge in [0.2, 0.25) is 0 Å². The molecule has 2 aromatic heterocycles. The zero-order valence-electron chi connectivity index (χ0n) is 17.0. The number of halogens is 1. The molecule has 3 amide bonds. The van der Waals surface area contributed by atoms with E-state index in [4.69, 9.17) is 23.1 Å². The van der Waals surface area contributed by atoms with Gasteiger partial charge in [0.25, 0.3) is 5.91 Å². The molecular weight excluding hydrogens is 404 g/mol. The molecule has 0 spiro atoms. The third-order valence-electron chi connectivity index (χ3n) is 5.40. The second kappa shape index (κ2) is 6.98. The minimum atomic E-state index is -0.643. The van der Waals surface area contributed by atoms with Crippen molar-refractivity contribution in [2.45, 2.75) is 33.4 Å². The summed E-state index contributed by atoms with van der Waals surface area (Å²) in [6.45, 7) is 6.71. The Hall–Kier alpha value is -3.13. The summed E-state index contributed by atoms with van der Waals surface area (Å²) in [6.07, 6.45) is 0. The molecule has 1 aliphatic rings. The molecule has 0 fully saturated rings. The zero-order chi connectivity index (χ0) is 21.8. The molecular formula is C21H23ClN6O2. The van der Waals surface area contributed by atoms with E-state index in [0.29, 0.717) is 30.0 Å². The van der Waals surface area contributed by atoms with E-state index in [1.807, 2.05) is 51.1 Å². The molecule has 8 nitrogen and oxygen atoms in total. The summed E-state index contributed by atoms with van der Waals surface area (Å²) in [5.74, 6) is -0.643. The molecule has 3 heterocycles. The van der Waals surface area contributed by atoms with Crippen molar-refractivity contribution >= 4 is 34.4 Å². The number of aromatic nitrogens is 3. The lowest BCUT2D eigenvalue weighted by Gasteiger charge is -2.42. The number of carbonyl (C=O) groups is 2. The highest BCUT2D eigenvalue weighted by molar-refractivity contribution is 6.32. The quantitative estimate of drug-likeness (QED) is 0.610. The van der Waals surface area contributed by atoms with Gasteiger partial charge in [0.1, 0.15) is 10.8 Å². The van der Waals surface area contributed by atoms with Gasteiger partial charge in [-0.3, -0.25) is 9.48 Å². The lowest BCUT2D eigenvalue weighted by molar-refractivity contribution is 0.0899. The van der Waals surface area contributed by atoms with E-state index in [1.54, 1.807) is 9.58 Å². The lowest BCUT2D eigenvalue weighted by Crippen LogP contribution is -2.49. The summed E-state index contributed by atoms with van der Waals surface area (Å²) < 4.78 is 1.73. The van der Waals surface area contributed by atoms with Crippen LogP contribution in [0.3, 0.4) is 0 Å². The number of rotatable bonds is 2. The number of pyridine rings is 1. The number of hydrogen-bond acceptors (Lipinski definition) is 4. The van der Waals surface area contributed by atoms with Gasteiger partial charge in [-0.25, -0.2) is 9.78 Å². The Balaban J connectivity index is 2.01. The third-order valence-corrected chi connectivity index (χ3v) is 5.69. The fourth-order valence-electron chi connectivity index (χ4n) is 4.21. The predicted molar refractivity (Wildman–Crippen MR) is 115 cm³/mol. The van der Waals surface area contributed by atoms with Crippen LogP contribution < -0.4 is 11.5 Å². The first kappa shape index (κ1) is 20.2. The highest BCUT2D eigenvalue weighted by Gasteiger charge is 2.43. The van der Waals surface area contributed by atoms with Crippen LogP contribution in [0.15, 0.2) is 30.3 Å². The largest absolute Gasteiger partial charge is 0.365 e. The number of fused-ring (bicyclic) bond motifs is 2. The summed E-state index contributed by atoms with van der Waals surface area (Å²) in [5.41, 5.74) is 13.5. The number of para-hydroxylation sites is 1. The fourth-order valence-corrected chi connectivity index (χ4v) is 4.44. The molecule has 0 radical (unpaired) electrons. The van der Waals surface area contributed by atoms with Gasteiger partial charge in [0.05, 0.1) is 29.4 Å². The molecule has 156 valence electrons. The molecule has 0 aliphatic carbocycles. The second-order valence-corrected chi connectivity index (χ2v) is 8.87. The molecule has 4 N–H and O–H groups in total. The molecule has 4 rings (SSSR count). The minimum Gasteiger partial charge on any atom is -0.365 e. The maximum Gasteiger partial charge on any atom is 0.315 e. The van der Waals surface area contributed by atoms with E-state index in [0.717, 1.165) is 10.9 Å². The highest BCUT2D eigenvalue weighted by atomic mass is 35.5. The van der Waals surface area contributed by atoms with Gasteiger partial charge in [-0.2, -0.15) is 5.10 Å². The number of nitrogens with zero attached hydrogens (tertiary/aromatic N) is 4.